The highest BCUT2D eigenvalue weighted by Crippen LogP contribution is 2.10. The van der Waals surface area contributed by atoms with Crippen LogP contribution in [-0.2, 0) is 0 Å². The molecule has 0 aliphatic rings. The van der Waals surface area contributed by atoms with Crippen LogP contribution in [0.4, 0.5) is 0 Å². The Labute approximate surface area is 62.2 Å². The van der Waals surface area contributed by atoms with Crippen molar-refractivity contribution in [2.75, 3.05) is 5.88 Å². The first kappa shape index (κ1) is 8.77. The van der Waals surface area contributed by atoms with Gasteiger partial charge in [-0.15, -0.1) is 11.6 Å². The topological polar surface area (TPSA) is 0 Å². The summed E-state index contributed by atoms with van der Waals surface area (Å²) in [4.78, 5) is 0. The van der Waals surface area contributed by atoms with Crippen molar-refractivity contribution in [3.05, 3.63) is 23.8 Å². The molecule has 0 bridgehead atoms. The minimum absolute atomic E-state index is 0.671. The van der Waals surface area contributed by atoms with Gasteiger partial charge >= 0.3 is 0 Å². The average molecular weight is 145 g/mol. The van der Waals surface area contributed by atoms with E-state index in [1.807, 2.05) is 6.92 Å². The molecular formula is C8H13Cl. The van der Waals surface area contributed by atoms with Gasteiger partial charge in [0.1, 0.15) is 0 Å². The van der Waals surface area contributed by atoms with Gasteiger partial charge in [-0.2, -0.15) is 0 Å². The summed E-state index contributed by atoms with van der Waals surface area (Å²) in [5, 5.41) is 0. The van der Waals surface area contributed by atoms with Crippen LogP contribution in [0.25, 0.3) is 0 Å². The van der Waals surface area contributed by atoms with E-state index in [1.165, 1.54) is 5.57 Å². The first-order chi connectivity index (χ1) is 4.22. The second-order valence-corrected chi connectivity index (χ2v) is 2.39. The van der Waals surface area contributed by atoms with E-state index in [1.54, 1.807) is 0 Å². The van der Waals surface area contributed by atoms with Crippen molar-refractivity contribution in [1.82, 2.24) is 0 Å². The number of hydrogen-bond donors (Lipinski definition) is 0. The van der Waals surface area contributed by atoms with Gasteiger partial charge in [0.15, 0.2) is 0 Å². The van der Waals surface area contributed by atoms with Gasteiger partial charge in [-0.1, -0.05) is 23.8 Å². The molecule has 0 aliphatic heterocycles. The highest BCUT2D eigenvalue weighted by Gasteiger charge is 1.92. The van der Waals surface area contributed by atoms with Crippen LogP contribution in [0.1, 0.15) is 20.3 Å². The molecule has 0 N–H and O–H groups in total. The molecule has 0 aliphatic carbocycles. The summed E-state index contributed by atoms with van der Waals surface area (Å²) in [6.07, 6.45) is 2.95. The van der Waals surface area contributed by atoms with Gasteiger partial charge in [-0.3, -0.25) is 0 Å². The lowest BCUT2D eigenvalue weighted by Gasteiger charge is -2.00. The van der Waals surface area contributed by atoms with E-state index in [2.05, 4.69) is 19.6 Å². The van der Waals surface area contributed by atoms with Crippen LogP contribution in [0.15, 0.2) is 23.8 Å². The highest BCUT2D eigenvalue weighted by atomic mass is 35.5. The zero-order valence-corrected chi connectivity index (χ0v) is 6.83. The van der Waals surface area contributed by atoms with Crippen molar-refractivity contribution in [1.29, 1.82) is 0 Å². The Balaban J connectivity index is 3.74. The highest BCUT2D eigenvalue weighted by molar-refractivity contribution is 6.18. The van der Waals surface area contributed by atoms with Crippen LogP contribution >= 0.6 is 11.6 Å². The molecule has 0 rings (SSSR count). The third-order valence-corrected chi connectivity index (χ3v) is 1.58. The molecule has 0 spiro atoms. The third-order valence-electron chi connectivity index (χ3n) is 1.39. The Hall–Kier alpha value is -0.230. The van der Waals surface area contributed by atoms with Crippen LogP contribution in [-0.4, -0.2) is 5.88 Å². The van der Waals surface area contributed by atoms with Crippen molar-refractivity contribution in [2.45, 2.75) is 20.3 Å². The minimum atomic E-state index is 0.671. The lowest BCUT2D eigenvalue weighted by molar-refractivity contribution is 1.12. The fourth-order valence-electron chi connectivity index (χ4n) is 0.515. The molecule has 9 heavy (non-hydrogen) atoms. The summed E-state index contributed by atoms with van der Waals surface area (Å²) < 4.78 is 0. The van der Waals surface area contributed by atoms with Gasteiger partial charge < -0.3 is 0 Å². The third kappa shape index (κ3) is 3.36. The van der Waals surface area contributed by atoms with Gasteiger partial charge in [-0.25, -0.2) is 0 Å². The molecule has 1 heteroatoms. The van der Waals surface area contributed by atoms with Gasteiger partial charge in [0.25, 0.3) is 0 Å². The van der Waals surface area contributed by atoms with Crippen molar-refractivity contribution < 1.29 is 0 Å². The van der Waals surface area contributed by atoms with Crippen LogP contribution in [0.3, 0.4) is 0 Å². The zero-order chi connectivity index (χ0) is 7.28. The molecule has 0 heterocycles. The van der Waals surface area contributed by atoms with E-state index < -0.39 is 0 Å². The molecule has 0 aromatic rings. The Morgan fingerprint density at radius 2 is 2.22 bits per heavy atom. The minimum Gasteiger partial charge on any atom is -0.126 e. The van der Waals surface area contributed by atoms with Crippen LogP contribution < -0.4 is 0 Å². The SMILES string of the molecule is C=C(CCCl)C(C)=CC. The Kier molecular flexibility index (Phi) is 4.51. The summed E-state index contributed by atoms with van der Waals surface area (Å²) in [6, 6.07) is 0. The van der Waals surface area contributed by atoms with E-state index in [0.717, 1.165) is 12.0 Å². The molecule has 0 amide bonds. The maximum atomic E-state index is 5.51. The Morgan fingerprint density at radius 1 is 1.67 bits per heavy atom. The van der Waals surface area contributed by atoms with E-state index in [-0.39, 0.29) is 0 Å². The summed E-state index contributed by atoms with van der Waals surface area (Å²) in [5.41, 5.74) is 2.39. The largest absolute Gasteiger partial charge is 0.126 e. The van der Waals surface area contributed by atoms with Crippen LogP contribution in [0.2, 0.25) is 0 Å². The summed E-state index contributed by atoms with van der Waals surface area (Å²) in [5.74, 6) is 0.671. The van der Waals surface area contributed by atoms with Gasteiger partial charge in [0.2, 0.25) is 0 Å². The number of rotatable bonds is 3. The molecular weight excluding hydrogens is 132 g/mol. The number of halogens is 1. The molecule has 52 valence electrons. The molecule has 0 aromatic heterocycles. The Morgan fingerprint density at radius 3 is 2.56 bits per heavy atom. The van der Waals surface area contributed by atoms with Gasteiger partial charge in [0.05, 0.1) is 0 Å². The van der Waals surface area contributed by atoms with E-state index >= 15 is 0 Å². The van der Waals surface area contributed by atoms with E-state index in [4.69, 9.17) is 11.6 Å². The molecule has 0 aromatic carbocycles. The quantitative estimate of drug-likeness (QED) is 0.422. The monoisotopic (exact) mass is 144 g/mol. The fourth-order valence-corrected chi connectivity index (χ4v) is 0.743. The second kappa shape index (κ2) is 4.63. The molecule has 0 saturated carbocycles. The van der Waals surface area contributed by atoms with Gasteiger partial charge in [-0.05, 0) is 20.3 Å². The van der Waals surface area contributed by atoms with Crippen molar-refractivity contribution in [3.8, 4) is 0 Å². The lowest BCUT2D eigenvalue weighted by Crippen LogP contribution is -1.83. The summed E-state index contributed by atoms with van der Waals surface area (Å²) in [6.45, 7) is 7.92. The van der Waals surface area contributed by atoms with E-state index in [9.17, 15) is 0 Å². The standard InChI is InChI=1S/C8H13Cl/c1-4-7(2)8(3)5-6-9/h4H,3,5-6H2,1-2H3. The van der Waals surface area contributed by atoms with Crippen LogP contribution in [0, 0.1) is 0 Å². The molecule has 0 nitrogen and oxygen atoms in total. The maximum absolute atomic E-state index is 5.51. The number of hydrogen-bond acceptors (Lipinski definition) is 0. The van der Waals surface area contributed by atoms with Gasteiger partial charge in [0, 0.05) is 5.88 Å². The molecule has 0 unspecified atom stereocenters. The van der Waals surface area contributed by atoms with Crippen molar-refractivity contribution in [3.63, 3.8) is 0 Å². The number of allylic oxidation sites excluding steroid dienone is 3. The maximum Gasteiger partial charge on any atom is 0.0263 e. The second-order valence-electron chi connectivity index (χ2n) is 2.01. The lowest BCUT2D eigenvalue weighted by atomic mass is 10.1. The first-order valence-electron chi connectivity index (χ1n) is 3.09. The average Bonchev–Trinajstić information content (AvgIpc) is 1.87. The summed E-state index contributed by atoms with van der Waals surface area (Å²) >= 11 is 5.51. The number of alkyl halides is 1. The summed E-state index contributed by atoms with van der Waals surface area (Å²) in [7, 11) is 0. The fraction of sp³-hybridized carbons (Fsp3) is 0.500. The molecule has 0 saturated heterocycles. The molecule has 0 fully saturated rings. The normalized spacial score (nSPS) is 11.7. The smallest absolute Gasteiger partial charge is 0.0263 e. The first-order valence-corrected chi connectivity index (χ1v) is 3.62. The Bertz CT molecular complexity index is 123. The van der Waals surface area contributed by atoms with Crippen molar-refractivity contribution in [2.24, 2.45) is 0 Å². The zero-order valence-electron chi connectivity index (χ0n) is 6.08. The predicted octanol–water partition coefficient (Wildman–Crippen LogP) is 3.14. The van der Waals surface area contributed by atoms with Crippen molar-refractivity contribution >= 4 is 11.6 Å². The van der Waals surface area contributed by atoms with Crippen LogP contribution in [0.5, 0.6) is 0 Å². The van der Waals surface area contributed by atoms with E-state index in [0.29, 0.717) is 5.88 Å². The predicted molar refractivity (Wildman–Crippen MR) is 43.9 cm³/mol. The molecule has 0 radical (unpaired) electrons. The molecule has 0 atom stereocenters.